The van der Waals surface area contributed by atoms with Crippen molar-refractivity contribution in [1.29, 1.82) is 0 Å². The van der Waals surface area contributed by atoms with Gasteiger partial charge in [0.2, 0.25) is 5.91 Å². The van der Waals surface area contributed by atoms with Crippen molar-refractivity contribution in [3.8, 4) is 0 Å². The highest BCUT2D eigenvalue weighted by Gasteiger charge is 2.12. The van der Waals surface area contributed by atoms with Gasteiger partial charge in [0.15, 0.2) is 0 Å². The fourth-order valence-electron chi connectivity index (χ4n) is 1.15. The lowest BCUT2D eigenvalue weighted by Gasteiger charge is -2.11. The molecule has 16 heavy (non-hydrogen) atoms. The number of carbonyl (C=O) groups excluding carboxylic acids is 2. The summed E-state index contributed by atoms with van der Waals surface area (Å²) in [4.78, 5) is 24.3. The molecule has 0 fully saturated rings. The van der Waals surface area contributed by atoms with Gasteiger partial charge >= 0.3 is 0 Å². The fourth-order valence-corrected chi connectivity index (χ4v) is 1.40. The van der Waals surface area contributed by atoms with Crippen LogP contribution in [0.2, 0.25) is 5.02 Å². The maximum Gasteiger partial charge on any atom is 0.268 e. The van der Waals surface area contributed by atoms with Crippen LogP contribution < -0.4 is 5.32 Å². The zero-order chi connectivity index (χ0) is 12.3. The highest BCUT2D eigenvalue weighted by atomic mass is 35.5. The second-order valence-corrected chi connectivity index (χ2v) is 4.06. The number of aromatic nitrogens is 1. The summed E-state index contributed by atoms with van der Waals surface area (Å²) in [6.07, 6.45) is 1.63. The molecule has 0 atom stereocenters. The molecule has 0 aliphatic heterocycles. The Bertz CT molecular complexity index is 412. The minimum atomic E-state index is -0.315. The van der Waals surface area contributed by atoms with Crippen molar-refractivity contribution in [2.24, 2.45) is 7.05 Å². The summed E-state index contributed by atoms with van der Waals surface area (Å²) in [6.45, 7) is -0.0192. The van der Waals surface area contributed by atoms with Gasteiger partial charge < -0.3 is 14.8 Å². The highest BCUT2D eigenvalue weighted by Crippen LogP contribution is 2.12. The van der Waals surface area contributed by atoms with Gasteiger partial charge in [-0.25, -0.2) is 0 Å². The van der Waals surface area contributed by atoms with Gasteiger partial charge in [-0.2, -0.15) is 0 Å². The summed E-state index contributed by atoms with van der Waals surface area (Å²) in [5, 5.41) is 3.02. The summed E-state index contributed by atoms with van der Waals surface area (Å²) in [5.41, 5.74) is 0.427. The van der Waals surface area contributed by atoms with E-state index >= 15 is 0 Å². The summed E-state index contributed by atoms with van der Waals surface area (Å²) >= 11 is 5.75. The van der Waals surface area contributed by atoms with Crippen LogP contribution >= 0.6 is 11.6 Å². The van der Waals surface area contributed by atoms with Crippen LogP contribution in [0.15, 0.2) is 12.3 Å². The van der Waals surface area contributed by atoms with E-state index in [-0.39, 0.29) is 18.4 Å². The third-order valence-electron chi connectivity index (χ3n) is 2.10. The van der Waals surface area contributed by atoms with Crippen molar-refractivity contribution in [3.63, 3.8) is 0 Å². The van der Waals surface area contributed by atoms with E-state index in [1.807, 2.05) is 0 Å². The Balaban J connectivity index is 2.60. The second-order valence-electron chi connectivity index (χ2n) is 3.63. The lowest BCUT2D eigenvalue weighted by Crippen LogP contribution is -2.36. The van der Waals surface area contributed by atoms with E-state index in [1.165, 1.54) is 4.90 Å². The predicted octanol–water partition coefficient (Wildman–Crippen LogP) is 0.496. The van der Waals surface area contributed by atoms with Crippen LogP contribution in [0.4, 0.5) is 0 Å². The SMILES string of the molecule is CN(C)C(=O)CNC(=O)c1cc(Cl)cn1C. The molecule has 88 valence electrons. The van der Waals surface area contributed by atoms with Crippen LogP contribution in [0.5, 0.6) is 0 Å². The van der Waals surface area contributed by atoms with Gasteiger partial charge in [-0.15, -0.1) is 0 Å². The van der Waals surface area contributed by atoms with Gasteiger partial charge in [-0.3, -0.25) is 9.59 Å². The standard InChI is InChI=1S/C10H14ClN3O2/c1-13(2)9(15)5-12-10(16)8-4-7(11)6-14(8)3/h4,6H,5H2,1-3H3,(H,12,16). The summed E-state index contributed by atoms with van der Waals surface area (Å²) in [5.74, 6) is -0.474. The molecule has 0 saturated carbocycles. The number of hydrogen-bond acceptors (Lipinski definition) is 2. The number of halogens is 1. The zero-order valence-electron chi connectivity index (χ0n) is 9.45. The number of nitrogens with zero attached hydrogens (tertiary/aromatic N) is 2. The Morgan fingerprint density at radius 1 is 1.50 bits per heavy atom. The molecule has 1 N–H and O–H groups in total. The van der Waals surface area contributed by atoms with E-state index in [1.54, 1.807) is 38.0 Å². The molecule has 0 unspecified atom stereocenters. The third kappa shape index (κ3) is 3.00. The second kappa shape index (κ2) is 5.03. The van der Waals surface area contributed by atoms with Crippen LogP contribution in [-0.4, -0.2) is 41.9 Å². The number of amides is 2. The topological polar surface area (TPSA) is 54.3 Å². The van der Waals surface area contributed by atoms with Gasteiger partial charge in [-0.05, 0) is 6.07 Å². The maximum atomic E-state index is 11.6. The number of hydrogen-bond donors (Lipinski definition) is 1. The Labute approximate surface area is 99.0 Å². The molecular formula is C10H14ClN3O2. The van der Waals surface area contributed by atoms with Gasteiger partial charge in [0, 0.05) is 27.3 Å². The first-order valence-corrected chi connectivity index (χ1v) is 5.10. The summed E-state index contributed by atoms with van der Waals surface area (Å²) < 4.78 is 1.61. The number of nitrogens with one attached hydrogen (secondary N) is 1. The van der Waals surface area contributed by atoms with Crippen molar-refractivity contribution in [3.05, 3.63) is 23.0 Å². The molecule has 0 radical (unpaired) electrons. The highest BCUT2D eigenvalue weighted by molar-refractivity contribution is 6.31. The fraction of sp³-hybridized carbons (Fsp3) is 0.400. The molecule has 0 aliphatic rings. The number of aryl methyl sites for hydroxylation is 1. The minimum absolute atomic E-state index is 0.0192. The van der Waals surface area contributed by atoms with Crippen molar-refractivity contribution >= 4 is 23.4 Å². The van der Waals surface area contributed by atoms with Crippen LogP contribution in [0.1, 0.15) is 10.5 Å². The normalized spacial score (nSPS) is 10.0. The largest absolute Gasteiger partial charge is 0.347 e. The Morgan fingerprint density at radius 2 is 2.12 bits per heavy atom. The summed E-state index contributed by atoms with van der Waals surface area (Å²) in [6, 6.07) is 1.55. The smallest absolute Gasteiger partial charge is 0.268 e. The van der Waals surface area contributed by atoms with E-state index in [9.17, 15) is 9.59 Å². The quantitative estimate of drug-likeness (QED) is 0.841. The molecule has 0 aromatic carbocycles. The Morgan fingerprint density at radius 3 is 2.56 bits per heavy atom. The van der Waals surface area contributed by atoms with Crippen LogP contribution in [0.25, 0.3) is 0 Å². The van der Waals surface area contributed by atoms with Crippen molar-refractivity contribution in [1.82, 2.24) is 14.8 Å². The van der Waals surface area contributed by atoms with Gasteiger partial charge in [-0.1, -0.05) is 11.6 Å². The minimum Gasteiger partial charge on any atom is -0.347 e. The van der Waals surface area contributed by atoms with Crippen molar-refractivity contribution in [2.75, 3.05) is 20.6 Å². The molecule has 0 bridgehead atoms. The van der Waals surface area contributed by atoms with Crippen LogP contribution in [0.3, 0.4) is 0 Å². The Kier molecular flexibility index (Phi) is 3.95. The molecule has 0 aliphatic carbocycles. The first-order valence-electron chi connectivity index (χ1n) is 4.72. The molecule has 1 aromatic heterocycles. The van der Waals surface area contributed by atoms with Crippen molar-refractivity contribution in [2.45, 2.75) is 0 Å². The zero-order valence-corrected chi connectivity index (χ0v) is 10.2. The average Bonchev–Trinajstić information content (AvgIpc) is 2.53. The first kappa shape index (κ1) is 12.6. The average molecular weight is 244 g/mol. The van der Waals surface area contributed by atoms with Gasteiger partial charge in [0.25, 0.3) is 5.91 Å². The van der Waals surface area contributed by atoms with E-state index < -0.39 is 0 Å². The molecule has 5 nitrogen and oxygen atoms in total. The van der Waals surface area contributed by atoms with E-state index in [0.29, 0.717) is 10.7 Å². The monoisotopic (exact) mass is 243 g/mol. The molecule has 2 amide bonds. The lowest BCUT2D eigenvalue weighted by molar-refractivity contribution is -0.127. The molecule has 6 heteroatoms. The summed E-state index contributed by atoms with van der Waals surface area (Å²) in [7, 11) is 4.98. The van der Waals surface area contributed by atoms with Gasteiger partial charge in [0.05, 0.1) is 11.6 Å². The van der Waals surface area contributed by atoms with Crippen LogP contribution in [-0.2, 0) is 11.8 Å². The number of carbonyl (C=O) groups is 2. The number of likely N-dealkylation sites (N-methyl/N-ethyl adjacent to an activating group) is 1. The van der Waals surface area contributed by atoms with Crippen LogP contribution in [0, 0.1) is 0 Å². The molecular weight excluding hydrogens is 230 g/mol. The Hall–Kier alpha value is -1.49. The molecule has 1 heterocycles. The van der Waals surface area contributed by atoms with E-state index in [2.05, 4.69) is 5.32 Å². The molecule has 1 rings (SSSR count). The van der Waals surface area contributed by atoms with E-state index in [4.69, 9.17) is 11.6 Å². The maximum absolute atomic E-state index is 11.6. The molecule has 1 aromatic rings. The van der Waals surface area contributed by atoms with E-state index in [0.717, 1.165) is 0 Å². The third-order valence-corrected chi connectivity index (χ3v) is 2.31. The predicted molar refractivity (Wildman–Crippen MR) is 61.5 cm³/mol. The molecule has 0 spiro atoms. The molecule has 0 saturated heterocycles. The first-order chi connectivity index (χ1) is 7.41. The van der Waals surface area contributed by atoms with Crippen molar-refractivity contribution < 1.29 is 9.59 Å². The lowest BCUT2D eigenvalue weighted by atomic mass is 10.4. The van der Waals surface area contributed by atoms with Gasteiger partial charge in [0.1, 0.15) is 5.69 Å². The number of rotatable bonds is 3.